The van der Waals surface area contributed by atoms with Gasteiger partial charge < -0.3 is 0 Å². The first-order valence-corrected chi connectivity index (χ1v) is 3.99. The van der Waals surface area contributed by atoms with E-state index in [4.69, 9.17) is 11.6 Å². The monoisotopic (exact) mass is 166 g/mol. The van der Waals surface area contributed by atoms with Crippen LogP contribution in [-0.2, 0) is 12.4 Å². The van der Waals surface area contributed by atoms with Crippen LogP contribution in [0.25, 0.3) is 0 Å². The average molecular weight is 167 g/mol. The number of azo groups is 1. The van der Waals surface area contributed by atoms with Crippen LogP contribution in [0.15, 0.2) is 28.4 Å². The molecule has 0 saturated heterocycles. The fraction of sp³-hybridized carbons (Fsp3) is 0.250. The summed E-state index contributed by atoms with van der Waals surface area (Å²) in [5.41, 5.74) is 3.27. The number of fused-ring (bicyclic) bond motifs is 1. The standard InChI is InChI=1S/C8H7ClN2/c9-4-6-1-2-7-5-10-11-8(7)3-6/h1-3H,4-5H2. The van der Waals surface area contributed by atoms with Crippen LogP contribution in [0.4, 0.5) is 5.69 Å². The molecule has 1 heterocycles. The molecule has 0 N–H and O–H groups in total. The molecular formula is C8H7ClN2. The molecule has 2 nitrogen and oxygen atoms in total. The van der Waals surface area contributed by atoms with E-state index >= 15 is 0 Å². The van der Waals surface area contributed by atoms with E-state index in [1.54, 1.807) is 0 Å². The van der Waals surface area contributed by atoms with Crippen molar-refractivity contribution in [1.29, 1.82) is 0 Å². The first-order chi connectivity index (χ1) is 5.40. The fourth-order valence-electron chi connectivity index (χ4n) is 1.11. The van der Waals surface area contributed by atoms with Gasteiger partial charge in [0.15, 0.2) is 0 Å². The molecule has 1 aromatic rings. The number of hydrogen-bond acceptors (Lipinski definition) is 2. The van der Waals surface area contributed by atoms with Crippen molar-refractivity contribution >= 4 is 17.3 Å². The van der Waals surface area contributed by atoms with Gasteiger partial charge in [0.05, 0.1) is 12.2 Å². The van der Waals surface area contributed by atoms with E-state index in [1.807, 2.05) is 18.2 Å². The summed E-state index contributed by atoms with van der Waals surface area (Å²) < 4.78 is 0. The van der Waals surface area contributed by atoms with Crippen LogP contribution >= 0.6 is 11.6 Å². The largest absolute Gasteiger partial charge is 0.184 e. The lowest BCUT2D eigenvalue weighted by Crippen LogP contribution is -1.79. The summed E-state index contributed by atoms with van der Waals surface area (Å²) in [6.45, 7) is 0.720. The minimum atomic E-state index is 0.544. The Morgan fingerprint density at radius 3 is 3.18 bits per heavy atom. The molecule has 0 radical (unpaired) electrons. The first kappa shape index (κ1) is 6.80. The minimum Gasteiger partial charge on any atom is -0.184 e. The number of hydrogen-bond donors (Lipinski definition) is 0. The van der Waals surface area contributed by atoms with Gasteiger partial charge in [-0.15, -0.1) is 11.6 Å². The normalized spacial score (nSPS) is 13.5. The number of alkyl halides is 1. The first-order valence-electron chi connectivity index (χ1n) is 3.45. The SMILES string of the molecule is ClCc1ccc2c(c1)N=NC2. The Morgan fingerprint density at radius 1 is 1.45 bits per heavy atom. The Labute approximate surface area is 69.9 Å². The topological polar surface area (TPSA) is 24.7 Å². The molecule has 2 rings (SSSR count). The van der Waals surface area contributed by atoms with Crippen LogP contribution < -0.4 is 0 Å². The molecule has 1 aliphatic heterocycles. The maximum absolute atomic E-state index is 5.66. The molecule has 0 spiro atoms. The van der Waals surface area contributed by atoms with Crippen molar-refractivity contribution in [3.63, 3.8) is 0 Å². The van der Waals surface area contributed by atoms with Crippen LogP contribution in [0.3, 0.4) is 0 Å². The van der Waals surface area contributed by atoms with Crippen molar-refractivity contribution < 1.29 is 0 Å². The Hall–Kier alpha value is -0.890. The molecule has 0 bridgehead atoms. The predicted octanol–water partition coefficient (Wildman–Crippen LogP) is 3.02. The third-order valence-corrected chi connectivity index (χ3v) is 2.03. The van der Waals surface area contributed by atoms with Crippen molar-refractivity contribution in [3.05, 3.63) is 29.3 Å². The molecule has 56 valence electrons. The Morgan fingerprint density at radius 2 is 2.36 bits per heavy atom. The van der Waals surface area contributed by atoms with Gasteiger partial charge in [-0.2, -0.15) is 10.2 Å². The lowest BCUT2D eigenvalue weighted by Gasteiger charge is -1.96. The van der Waals surface area contributed by atoms with E-state index in [2.05, 4.69) is 10.2 Å². The van der Waals surface area contributed by atoms with Gasteiger partial charge in [0.1, 0.15) is 0 Å². The number of benzene rings is 1. The molecule has 1 aliphatic rings. The van der Waals surface area contributed by atoms with Gasteiger partial charge in [-0.25, -0.2) is 0 Å². The molecule has 0 atom stereocenters. The Kier molecular flexibility index (Phi) is 1.62. The van der Waals surface area contributed by atoms with E-state index < -0.39 is 0 Å². The van der Waals surface area contributed by atoms with Crippen LogP contribution in [0, 0.1) is 0 Å². The molecule has 0 saturated carbocycles. The molecule has 1 aromatic carbocycles. The average Bonchev–Trinajstić information content (AvgIpc) is 2.50. The summed E-state index contributed by atoms with van der Waals surface area (Å²) in [7, 11) is 0. The van der Waals surface area contributed by atoms with Gasteiger partial charge in [0, 0.05) is 11.4 Å². The highest BCUT2D eigenvalue weighted by Crippen LogP contribution is 2.27. The number of rotatable bonds is 1. The lowest BCUT2D eigenvalue weighted by molar-refractivity contribution is 1.04. The highest BCUT2D eigenvalue weighted by Gasteiger charge is 2.06. The highest BCUT2D eigenvalue weighted by molar-refractivity contribution is 6.17. The minimum absolute atomic E-state index is 0.544. The summed E-state index contributed by atoms with van der Waals surface area (Å²) >= 11 is 5.66. The van der Waals surface area contributed by atoms with Gasteiger partial charge in [-0.3, -0.25) is 0 Å². The van der Waals surface area contributed by atoms with Gasteiger partial charge in [0.25, 0.3) is 0 Å². The van der Waals surface area contributed by atoms with Gasteiger partial charge in [0.2, 0.25) is 0 Å². The highest BCUT2D eigenvalue weighted by atomic mass is 35.5. The molecular weight excluding hydrogens is 160 g/mol. The van der Waals surface area contributed by atoms with Crippen molar-refractivity contribution in [3.8, 4) is 0 Å². The second-order valence-corrected chi connectivity index (χ2v) is 2.76. The molecule has 0 aliphatic carbocycles. The third-order valence-electron chi connectivity index (χ3n) is 1.72. The maximum atomic E-state index is 5.66. The zero-order valence-corrected chi connectivity index (χ0v) is 6.67. The second kappa shape index (κ2) is 2.62. The van der Waals surface area contributed by atoms with Gasteiger partial charge in [-0.05, 0) is 11.6 Å². The Balaban J connectivity index is 2.47. The van der Waals surface area contributed by atoms with Crippen LogP contribution in [0.2, 0.25) is 0 Å². The zero-order valence-electron chi connectivity index (χ0n) is 5.92. The predicted molar refractivity (Wildman–Crippen MR) is 44.2 cm³/mol. The third kappa shape index (κ3) is 1.14. The molecule has 11 heavy (non-hydrogen) atoms. The molecule has 3 heteroatoms. The summed E-state index contributed by atoms with van der Waals surface area (Å²) in [6, 6.07) is 6.04. The van der Waals surface area contributed by atoms with Crippen molar-refractivity contribution in [2.45, 2.75) is 12.4 Å². The second-order valence-electron chi connectivity index (χ2n) is 2.50. The van der Waals surface area contributed by atoms with E-state index in [0.717, 1.165) is 17.8 Å². The number of nitrogens with zero attached hydrogens (tertiary/aromatic N) is 2. The van der Waals surface area contributed by atoms with Crippen molar-refractivity contribution in [1.82, 2.24) is 0 Å². The van der Waals surface area contributed by atoms with Crippen LogP contribution in [-0.4, -0.2) is 0 Å². The smallest absolute Gasteiger partial charge is 0.0907 e. The van der Waals surface area contributed by atoms with E-state index in [1.165, 1.54) is 5.56 Å². The van der Waals surface area contributed by atoms with Crippen LogP contribution in [0.1, 0.15) is 11.1 Å². The van der Waals surface area contributed by atoms with Gasteiger partial charge in [-0.1, -0.05) is 12.1 Å². The van der Waals surface area contributed by atoms with E-state index in [0.29, 0.717) is 5.88 Å². The Bertz CT molecular complexity index is 307. The fourth-order valence-corrected chi connectivity index (χ4v) is 1.27. The molecule has 0 aromatic heterocycles. The maximum Gasteiger partial charge on any atom is 0.0907 e. The summed E-state index contributed by atoms with van der Waals surface area (Å²) in [6.07, 6.45) is 0. The number of halogens is 1. The molecule has 0 amide bonds. The zero-order chi connectivity index (χ0) is 7.68. The van der Waals surface area contributed by atoms with E-state index in [-0.39, 0.29) is 0 Å². The molecule has 0 unspecified atom stereocenters. The summed E-state index contributed by atoms with van der Waals surface area (Å²) in [5.74, 6) is 0.544. The van der Waals surface area contributed by atoms with Crippen molar-refractivity contribution in [2.24, 2.45) is 10.2 Å². The summed E-state index contributed by atoms with van der Waals surface area (Å²) in [5, 5.41) is 7.88. The van der Waals surface area contributed by atoms with Crippen LogP contribution in [0.5, 0.6) is 0 Å². The van der Waals surface area contributed by atoms with Gasteiger partial charge >= 0.3 is 0 Å². The van der Waals surface area contributed by atoms with Crippen molar-refractivity contribution in [2.75, 3.05) is 0 Å². The quantitative estimate of drug-likeness (QED) is 0.573. The summed E-state index contributed by atoms with van der Waals surface area (Å²) in [4.78, 5) is 0. The molecule has 0 fully saturated rings. The lowest BCUT2D eigenvalue weighted by atomic mass is 10.1. The van der Waals surface area contributed by atoms with E-state index in [9.17, 15) is 0 Å².